The molecule has 2 aromatic rings. The van der Waals surface area contributed by atoms with Crippen molar-refractivity contribution in [2.45, 2.75) is 90.4 Å². The molecule has 1 heterocycles. The Morgan fingerprint density at radius 3 is 2.18 bits per heavy atom. The minimum atomic E-state index is -0.232. The van der Waals surface area contributed by atoms with E-state index in [2.05, 4.69) is 22.7 Å². The Kier molecular flexibility index (Phi) is 12.7. The van der Waals surface area contributed by atoms with Gasteiger partial charge in [0.15, 0.2) is 0 Å². The first-order valence-electron chi connectivity index (χ1n) is 13.6. The lowest BCUT2D eigenvalue weighted by Crippen LogP contribution is -2.19. The van der Waals surface area contributed by atoms with E-state index < -0.39 is 0 Å². The van der Waals surface area contributed by atoms with Gasteiger partial charge in [-0.25, -0.2) is 0 Å². The van der Waals surface area contributed by atoms with Gasteiger partial charge in [0.25, 0.3) is 5.91 Å². The van der Waals surface area contributed by atoms with Crippen LogP contribution in [0.3, 0.4) is 0 Å². The minimum Gasteiger partial charge on any atom is -0.341 e. The number of nitrogens with one attached hydrogen (secondary N) is 2. The van der Waals surface area contributed by atoms with Gasteiger partial charge in [-0.3, -0.25) is 9.59 Å². The highest BCUT2D eigenvalue weighted by Crippen LogP contribution is 2.32. The normalized spacial score (nSPS) is 13.1. The lowest BCUT2D eigenvalue weighted by Gasteiger charge is -2.13. The summed E-state index contributed by atoms with van der Waals surface area (Å²) in [5.74, 6) is 0.169. The van der Waals surface area contributed by atoms with E-state index in [-0.39, 0.29) is 18.2 Å². The second-order valence-electron chi connectivity index (χ2n) is 9.68. The third-order valence-corrected chi connectivity index (χ3v) is 7.32. The van der Waals surface area contributed by atoms with Gasteiger partial charge in [0.1, 0.15) is 5.84 Å². The third kappa shape index (κ3) is 9.79. The van der Waals surface area contributed by atoms with Crippen molar-refractivity contribution in [3.8, 4) is 0 Å². The Balaban J connectivity index is 1.42. The summed E-state index contributed by atoms with van der Waals surface area (Å²) in [5, 5.41) is 12.9. The highest BCUT2D eigenvalue weighted by Gasteiger charge is 2.27. The summed E-state index contributed by atoms with van der Waals surface area (Å²) in [5.41, 5.74) is 1.63. The Hall–Kier alpha value is -2.28. The number of amidine groups is 1. The number of anilines is 3. The van der Waals surface area contributed by atoms with Gasteiger partial charge in [-0.15, -0.1) is 0 Å². The van der Waals surface area contributed by atoms with E-state index in [4.69, 9.17) is 34.8 Å². The number of nitrogens with zero attached hydrogens (tertiary/aromatic N) is 2. The summed E-state index contributed by atoms with van der Waals surface area (Å²) in [4.78, 5) is 25.0. The maximum Gasteiger partial charge on any atom is 0.255 e. The van der Waals surface area contributed by atoms with Gasteiger partial charge in [0, 0.05) is 17.1 Å². The van der Waals surface area contributed by atoms with Gasteiger partial charge in [0.05, 0.1) is 27.8 Å². The third-order valence-electron chi connectivity index (χ3n) is 6.45. The monoisotopic (exact) mass is 578 g/mol. The standard InChI is InChI=1S/C29H37Cl3N4O2/c1-2-3-4-5-6-7-8-9-10-11-12-13-28(37)33-22-15-16-23(31)25(19-22)34-27-20-29(38)36(35-27)26-17-14-21(30)18-24(26)32/h14-19H,2-13,20H2,1H3,(H,33,37)(H,34,35). The predicted octanol–water partition coefficient (Wildman–Crippen LogP) is 9.45. The van der Waals surface area contributed by atoms with Crippen molar-refractivity contribution < 1.29 is 9.59 Å². The zero-order valence-corrected chi connectivity index (χ0v) is 24.3. The van der Waals surface area contributed by atoms with Gasteiger partial charge in [-0.05, 0) is 42.8 Å². The van der Waals surface area contributed by atoms with Crippen LogP contribution in [0.1, 0.15) is 90.4 Å². The van der Waals surface area contributed by atoms with E-state index in [1.165, 1.54) is 62.8 Å². The Labute approximate surface area is 241 Å². The molecule has 0 bridgehead atoms. The van der Waals surface area contributed by atoms with Gasteiger partial charge in [-0.1, -0.05) is 106 Å². The molecule has 3 rings (SSSR count). The van der Waals surface area contributed by atoms with E-state index in [1.807, 2.05) is 0 Å². The molecule has 2 N–H and O–H groups in total. The fraction of sp³-hybridized carbons (Fsp3) is 0.483. The molecule has 2 aromatic carbocycles. The average Bonchev–Trinajstić information content (AvgIpc) is 3.24. The van der Waals surface area contributed by atoms with E-state index in [1.54, 1.807) is 36.4 Å². The molecule has 38 heavy (non-hydrogen) atoms. The number of hydrazone groups is 1. The zero-order valence-electron chi connectivity index (χ0n) is 22.0. The first-order valence-corrected chi connectivity index (χ1v) is 14.7. The highest BCUT2D eigenvalue weighted by molar-refractivity contribution is 6.37. The number of unbranched alkanes of at least 4 members (excludes halogenated alkanes) is 10. The molecule has 1 aliphatic rings. The van der Waals surface area contributed by atoms with Crippen molar-refractivity contribution in [3.63, 3.8) is 0 Å². The van der Waals surface area contributed by atoms with Crippen LogP contribution in [0.15, 0.2) is 41.5 Å². The smallest absolute Gasteiger partial charge is 0.255 e. The molecule has 2 amide bonds. The molecule has 206 valence electrons. The molecule has 0 unspecified atom stereocenters. The fourth-order valence-electron chi connectivity index (χ4n) is 4.37. The number of benzene rings is 2. The molecule has 0 aliphatic carbocycles. The van der Waals surface area contributed by atoms with Crippen molar-refractivity contribution in [2.75, 3.05) is 15.6 Å². The van der Waals surface area contributed by atoms with E-state index >= 15 is 0 Å². The number of rotatable bonds is 15. The average molecular weight is 580 g/mol. The molecule has 9 heteroatoms. The quantitative estimate of drug-likeness (QED) is 0.206. The van der Waals surface area contributed by atoms with Crippen LogP contribution in [0, 0.1) is 0 Å². The molecule has 0 saturated carbocycles. The second kappa shape index (κ2) is 16.0. The fourth-order valence-corrected chi connectivity index (χ4v) is 5.02. The summed E-state index contributed by atoms with van der Waals surface area (Å²) in [7, 11) is 0. The van der Waals surface area contributed by atoms with Gasteiger partial charge in [0.2, 0.25) is 5.91 Å². The first kappa shape index (κ1) is 30.3. The number of hydrogen-bond donors (Lipinski definition) is 2. The molecular formula is C29H37Cl3N4O2. The Morgan fingerprint density at radius 2 is 1.53 bits per heavy atom. The summed E-state index contributed by atoms with van der Waals surface area (Å²) in [6.45, 7) is 2.25. The Bertz CT molecular complexity index is 1120. The Morgan fingerprint density at radius 1 is 0.868 bits per heavy atom. The van der Waals surface area contributed by atoms with Crippen molar-refractivity contribution in [1.82, 2.24) is 0 Å². The lowest BCUT2D eigenvalue weighted by molar-refractivity contribution is -0.117. The summed E-state index contributed by atoms with van der Waals surface area (Å²) < 4.78 is 0. The minimum absolute atomic E-state index is 0.0221. The number of halogens is 3. The van der Waals surface area contributed by atoms with Crippen LogP contribution in [0.4, 0.5) is 17.1 Å². The van der Waals surface area contributed by atoms with Crippen molar-refractivity contribution in [3.05, 3.63) is 51.5 Å². The van der Waals surface area contributed by atoms with Gasteiger partial charge < -0.3 is 10.6 Å². The van der Waals surface area contributed by atoms with Crippen LogP contribution in [0.2, 0.25) is 15.1 Å². The van der Waals surface area contributed by atoms with E-state index in [0.29, 0.717) is 44.4 Å². The van der Waals surface area contributed by atoms with Crippen LogP contribution in [-0.2, 0) is 9.59 Å². The number of amides is 2. The number of carbonyl (C=O) groups excluding carboxylic acids is 2. The van der Waals surface area contributed by atoms with Crippen molar-refractivity contribution in [1.29, 1.82) is 0 Å². The first-order chi connectivity index (χ1) is 18.4. The molecule has 0 fully saturated rings. The zero-order chi connectivity index (χ0) is 27.3. The van der Waals surface area contributed by atoms with Crippen molar-refractivity contribution in [2.24, 2.45) is 5.10 Å². The maximum atomic E-state index is 12.5. The largest absolute Gasteiger partial charge is 0.341 e. The second-order valence-corrected chi connectivity index (χ2v) is 10.9. The highest BCUT2D eigenvalue weighted by atomic mass is 35.5. The summed E-state index contributed by atoms with van der Waals surface area (Å²) in [6, 6.07) is 10.1. The van der Waals surface area contributed by atoms with Crippen LogP contribution in [-0.4, -0.2) is 17.6 Å². The molecule has 6 nitrogen and oxygen atoms in total. The topological polar surface area (TPSA) is 73.8 Å². The molecule has 0 radical (unpaired) electrons. The van der Waals surface area contributed by atoms with E-state index in [0.717, 1.165) is 12.8 Å². The van der Waals surface area contributed by atoms with Crippen molar-refractivity contribution >= 4 is 69.5 Å². The van der Waals surface area contributed by atoms with Crippen LogP contribution in [0.5, 0.6) is 0 Å². The van der Waals surface area contributed by atoms with Gasteiger partial charge >= 0.3 is 0 Å². The summed E-state index contributed by atoms with van der Waals surface area (Å²) in [6.07, 6.45) is 14.2. The predicted molar refractivity (Wildman–Crippen MR) is 161 cm³/mol. The van der Waals surface area contributed by atoms with Crippen LogP contribution in [0.25, 0.3) is 0 Å². The molecular weight excluding hydrogens is 543 g/mol. The number of carbonyl (C=O) groups is 2. The molecule has 0 atom stereocenters. The van der Waals surface area contributed by atoms with Crippen LogP contribution >= 0.6 is 34.8 Å². The SMILES string of the molecule is CCCCCCCCCCCCCC(=O)Nc1ccc(Cl)c(NC2=NN(c3ccc(Cl)cc3Cl)C(=O)C2)c1. The number of hydrogen-bond acceptors (Lipinski definition) is 4. The lowest BCUT2D eigenvalue weighted by atomic mass is 10.1. The molecule has 0 spiro atoms. The van der Waals surface area contributed by atoms with Crippen LogP contribution < -0.4 is 15.6 Å². The molecule has 1 aliphatic heterocycles. The molecule has 0 saturated heterocycles. The van der Waals surface area contributed by atoms with Gasteiger partial charge in [-0.2, -0.15) is 10.1 Å². The molecule has 0 aromatic heterocycles. The van der Waals surface area contributed by atoms with E-state index in [9.17, 15) is 9.59 Å². The maximum absolute atomic E-state index is 12.5. The summed E-state index contributed by atoms with van der Waals surface area (Å²) >= 11 is 18.6.